The van der Waals surface area contributed by atoms with Crippen LogP contribution in [0.4, 0.5) is 0 Å². The van der Waals surface area contributed by atoms with E-state index in [2.05, 4.69) is 15.2 Å². The third-order valence-electron chi connectivity index (χ3n) is 4.58. The molecule has 2 fully saturated rings. The monoisotopic (exact) mass is 335 g/mol. The quantitative estimate of drug-likeness (QED) is 0.888. The largest absolute Gasteiger partial charge is 0.379 e. The Labute approximate surface area is 138 Å². The van der Waals surface area contributed by atoms with Crippen molar-refractivity contribution in [2.45, 2.75) is 25.4 Å². The molecule has 1 atom stereocenters. The van der Waals surface area contributed by atoms with Crippen LogP contribution in [-0.4, -0.2) is 52.3 Å². The molecule has 2 aliphatic rings. The molecule has 0 spiro atoms. The summed E-state index contributed by atoms with van der Waals surface area (Å²) >= 11 is 1.55. The van der Waals surface area contributed by atoms with Crippen molar-refractivity contribution in [2.24, 2.45) is 7.05 Å². The number of ether oxygens (including phenoxy) is 1. The summed E-state index contributed by atoms with van der Waals surface area (Å²) in [4.78, 5) is 25.0. The Morgan fingerprint density at radius 3 is 2.91 bits per heavy atom. The van der Waals surface area contributed by atoms with Gasteiger partial charge in [-0.3, -0.25) is 14.3 Å². The molecule has 4 heterocycles. The van der Waals surface area contributed by atoms with E-state index in [9.17, 15) is 4.79 Å². The van der Waals surface area contributed by atoms with Crippen LogP contribution in [0.1, 0.15) is 29.7 Å². The Hall–Kier alpha value is -1.35. The van der Waals surface area contributed by atoms with Crippen molar-refractivity contribution in [3.8, 4) is 0 Å². The lowest BCUT2D eigenvalue weighted by molar-refractivity contribution is 0.0326. The van der Waals surface area contributed by atoms with E-state index in [1.54, 1.807) is 23.0 Å². The molecule has 0 aromatic carbocycles. The fourth-order valence-electron chi connectivity index (χ4n) is 3.16. The van der Waals surface area contributed by atoms with E-state index < -0.39 is 0 Å². The van der Waals surface area contributed by atoms with Crippen LogP contribution in [0.15, 0.2) is 4.79 Å². The molecular weight excluding hydrogens is 314 g/mol. The van der Waals surface area contributed by atoms with Gasteiger partial charge in [-0.05, 0) is 19.4 Å². The second-order valence-electron chi connectivity index (χ2n) is 6.14. The molecule has 0 radical (unpaired) electrons. The second-order valence-corrected chi connectivity index (χ2v) is 7.14. The number of rotatable bonds is 3. The van der Waals surface area contributed by atoms with Crippen LogP contribution in [0.25, 0.3) is 10.3 Å². The fraction of sp³-hybridized carbons (Fsp3) is 0.667. The van der Waals surface area contributed by atoms with Crippen molar-refractivity contribution in [1.82, 2.24) is 24.8 Å². The lowest BCUT2D eigenvalue weighted by Crippen LogP contribution is -2.37. The smallest absolute Gasteiger partial charge is 0.280 e. The predicted molar refractivity (Wildman–Crippen MR) is 88.7 cm³/mol. The van der Waals surface area contributed by atoms with Crippen molar-refractivity contribution in [3.05, 3.63) is 21.2 Å². The lowest BCUT2D eigenvalue weighted by atomic mass is 10.2. The normalized spacial score (nSPS) is 22.9. The summed E-state index contributed by atoms with van der Waals surface area (Å²) in [7, 11) is 1.79. The van der Waals surface area contributed by atoms with E-state index >= 15 is 0 Å². The minimum absolute atomic E-state index is 0.0428. The van der Waals surface area contributed by atoms with E-state index in [-0.39, 0.29) is 11.6 Å². The van der Waals surface area contributed by atoms with E-state index in [1.807, 2.05) is 0 Å². The van der Waals surface area contributed by atoms with Gasteiger partial charge in [0.2, 0.25) is 0 Å². The summed E-state index contributed by atoms with van der Waals surface area (Å²) < 4.78 is 7.02. The molecule has 2 aromatic heterocycles. The highest BCUT2D eigenvalue weighted by molar-refractivity contribution is 7.18. The first-order valence-electron chi connectivity index (χ1n) is 8.12. The molecule has 4 rings (SSSR count). The summed E-state index contributed by atoms with van der Waals surface area (Å²) in [6.45, 7) is 4.96. The molecule has 0 bridgehead atoms. The number of nitrogens with one attached hydrogen (secondary N) is 1. The summed E-state index contributed by atoms with van der Waals surface area (Å²) in [5, 5.41) is 4.43. The number of hydrogen-bond donors (Lipinski definition) is 1. The highest BCUT2D eigenvalue weighted by Gasteiger charge is 2.23. The van der Waals surface area contributed by atoms with Crippen molar-refractivity contribution in [2.75, 3.05) is 32.8 Å². The first kappa shape index (κ1) is 15.2. The van der Waals surface area contributed by atoms with Gasteiger partial charge in [-0.25, -0.2) is 9.97 Å². The van der Waals surface area contributed by atoms with Crippen LogP contribution in [0.2, 0.25) is 0 Å². The highest BCUT2D eigenvalue weighted by Crippen LogP contribution is 2.28. The molecule has 0 amide bonds. The van der Waals surface area contributed by atoms with Crippen LogP contribution in [0, 0.1) is 0 Å². The Balaban J connectivity index is 1.68. The van der Waals surface area contributed by atoms with Crippen molar-refractivity contribution in [3.63, 3.8) is 0 Å². The zero-order chi connectivity index (χ0) is 15.8. The number of hydrogen-bond acceptors (Lipinski definition) is 7. The van der Waals surface area contributed by atoms with Gasteiger partial charge in [-0.1, -0.05) is 11.3 Å². The van der Waals surface area contributed by atoms with Crippen LogP contribution in [-0.2, 0) is 18.3 Å². The molecular formula is C15H21N5O2S. The Morgan fingerprint density at radius 1 is 1.35 bits per heavy atom. The Bertz CT molecular complexity index is 759. The van der Waals surface area contributed by atoms with E-state index in [4.69, 9.17) is 9.72 Å². The molecule has 124 valence electrons. The predicted octanol–water partition coefficient (Wildman–Crippen LogP) is 0.647. The third kappa shape index (κ3) is 2.91. The van der Waals surface area contributed by atoms with Crippen molar-refractivity contribution < 1.29 is 4.74 Å². The molecule has 0 aliphatic carbocycles. The molecule has 2 aliphatic heterocycles. The van der Waals surface area contributed by atoms with Gasteiger partial charge in [0, 0.05) is 20.1 Å². The maximum Gasteiger partial charge on any atom is 0.280 e. The number of morpholine rings is 1. The third-order valence-corrected chi connectivity index (χ3v) is 5.64. The maximum absolute atomic E-state index is 12.6. The standard InChI is InChI=1S/C15H21N5O2S/c1-19-11(9-20-5-7-22-8-6-20)17-14-12(15(19)21)18-13(23-14)10-3-2-4-16-10/h10,16H,2-9H2,1H3. The van der Waals surface area contributed by atoms with Crippen LogP contribution in [0.3, 0.4) is 0 Å². The van der Waals surface area contributed by atoms with Crippen LogP contribution >= 0.6 is 11.3 Å². The van der Waals surface area contributed by atoms with Gasteiger partial charge >= 0.3 is 0 Å². The molecule has 7 nitrogen and oxygen atoms in total. The summed E-state index contributed by atoms with van der Waals surface area (Å²) in [6, 6.07) is 0.279. The number of thiazole rings is 1. The maximum atomic E-state index is 12.6. The topological polar surface area (TPSA) is 72.3 Å². The SMILES string of the molecule is Cn1c(CN2CCOCC2)nc2sc(C3CCCN3)nc2c1=O. The first-order valence-corrected chi connectivity index (χ1v) is 8.94. The average Bonchev–Trinajstić information content (AvgIpc) is 3.22. The van der Waals surface area contributed by atoms with Gasteiger partial charge in [0.05, 0.1) is 25.8 Å². The molecule has 2 aromatic rings. The molecule has 2 saturated heterocycles. The second kappa shape index (κ2) is 6.27. The summed E-state index contributed by atoms with van der Waals surface area (Å²) in [5.41, 5.74) is 0.464. The van der Waals surface area contributed by atoms with Gasteiger partial charge in [-0.15, -0.1) is 0 Å². The molecule has 1 N–H and O–H groups in total. The molecule has 23 heavy (non-hydrogen) atoms. The average molecular weight is 335 g/mol. The fourth-order valence-corrected chi connectivity index (χ4v) is 4.22. The van der Waals surface area contributed by atoms with Crippen LogP contribution < -0.4 is 10.9 Å². The van der Waals surface area contributed by atoms with Gasteiger partial charge in [0.1, 0.15) is 10.8 Å². The van der Waals surface area contributed by atoms with E-state index in [1.165, 1.54) is 0 Å². The van der Waals surface area contributed by atoms with Gasteiger partial charge in [0.25, 0.3) is 5.56 Å². The van der Waals surface area contributed by atoms with E-state index in [0.29, 0.717) is 12.1 Å². The highest BCUT2D eigenvalue weighted by atomic mass is 32.1. The zero-order valence-electron chi connectivity index (χ0n) is 13.2. The van der Waals surface area contributed by atoms with Crippen molar-refractivity contribution in [1.29, 1.82) is 0 Å². The van der Waals surface area contributed by atoms with Gasteiger partial charge in [-0.2, -0.15) is 0 Å². The minimum Gasteiger partial charge on any atom is -0.379 e. The molecule has 0 saturated carbocycles. The number of fused-ring (bicyclic) bond motifs is 1. The molecule has 8 heteroatoms. The summed E-state index contributed by atoms with van der Waals surface area (Å²) in [5.74, 6) is 0.805. The lowest BCUT2D eigenvalue weighted by Gasteiger charge is -2.26. The Kier molecular flexibility index (Phi) is 4.14. The van der Waals surface area contributed by atoms with Crippen LogP contribution in [0.5, 0.6) is 0 Å². The van der Waals surface area contributed by atoms with Crippen molar-refractivity contribution >= 4 is 21.7 Å². The minimum atomic E-state index is -0.0428. The van der Waals surface area contributed by atoms with E-state index in [0.717, 1.165) is 61.4 Å². The Morgan fingerprint density at radius 2 is 2.17 bits per heavy atom. The molecule has 1 unspecified atom stereocenters. The van der Waals surface area contributed by atoms with Gasteiger partial charge in [0.15, 0.2) is 10.3 Å². The number of nitrogens with zero attached hydrogens (tertiary/aromatic N) is 4. The van der Waals surface area contributed by atoms with Gasteiger partial charge < -0.3 is 10.1 Å². The first-order chi connectivity index (χ1) is 11.2. The number of aromatic nitrogens is 3. The zero-order valence-corrected chi connectivity index (χ0v) is 14.1. The summed E-state index contributed by atoms with van der Waals surface area (Å²) in [6.07, 6.45) is 2.25.